The lowest BCUT2D eigenvalue weighted by Gasteiger charge is -2.07. The summed E-state index contributed by atoms with van der Waals surface area (Å²) in [7, 11) is 0. The maximum atomic E-state index is 11.2. The molecule has 0 aliphatic carbocycles. The van der Waals surface area contributed by atoms with E-state index in [1.807, 2.05) is 32.0 Å². The van der Waals surface area contributed by atoms with Crippen LogP contribution < -0.4 is 9.47 Å². The third-order valence-corrected chi connectivity index (χ3v) is 4.12. The first-order valence-corrected chi connectivity index (χ1v) is 8.23. The van der Waals surface area contributed by atoms with Crippen molar-refractivity contribution in [2.75, 3.05) is 6.61 Å². The van der Waals surface area contributed by atoms with Crippen LogP contribution in [-0.2, 0) is 4.79 Å². The average molecular weight is 350 g/mol. The number of H-pyrrole nitrogens is 1. The van der Waals surface area contributed by atoms with Crippen LogP contribution in [0.5, 0.6) is 17.4 Å². The number of benzene rings is 1. The smallest absolute Gasteiger partial charge is 0.247 e. The maximum absolute atomic E-state index is 11.2. The Hall–Kier alpha value is -3.35. The van der Waals surface area contributed by atoms with E-state index in [4.69, 9.17) is 9.47 Å². The molecule has 0 fully saturated rings. The van der Waals surface area contributed by atoms with Crippen molar-refractivity contribution in [2.24, 2.45) is 0 Å². The van der Waals surface area contributed by atoms with Crippen LogP contribution in [0.3, 0.4) is 0 Å². The molecule has 0 aliphatic heterocycles. The Balaban J connectivity index is 1.71. The van der Waals surface area contributed by atoms with E-state index in [2.05, 4.69) is 21.1 Å². The van der Waals surface area contributed by atoms with Crippen LogP contribution in [0.2, 0.25) is 0 Å². The maximum Gasteiger partial charge on any atom is 0.247 e. The number of hydrogen-bond donors (Lipinski definition) is 1. The molecule has 7 nitrogen and oxygen atoms in total. The monoisotopic (exact) mass is 350 g/mol. The van der Waals surface area contributed by atoms with Gasteiger partial charge in [-0.3, -0.25) is 4.79 Å². The van der Waals surface area contributed by atoms with Gasteiger partial charge in [-0.25, -0.2) is 4.52 Å². The molecule has 3 aromatic heterocycles. The standard InChI is InChI=1S/C19H18N4O3/c1-11-6-14-7-15(4-5-16(14)22-11)26-19-18-13(3)17(25-9-12(2)24)8-23(18)21-10-20-19/h4-8,10,22H,9H2,1-3H3. The minimum Gasteiger partial charge on any atom is -0.484 e. The molecule has 0 atom stereocenters. The lowest BCUT2D eigenvalue weighted by molar-refractivity contribution is -0.118. The summed E-state index contributed by atoms with van der Waals surface area (Å²) in [5.74, 6) is 1.66. The second-order valence-corrected chi connectivity index (χ2v) is 6.27. The third-order valence-electron chi connectivity index (χ3n) is 4.12. The largest absolute Gasteiger partial charge is 0.484 e. The number of nitrogens with zero attached hydrogens (tertiary/aromatic N) is 3. The van der Waals surface area contributed by atoms with Crippen LogP contribution in [0, 0.1) is 13.8 Å². The number of hydrogen-bond acceptors (Lipinski definition) is 5. The van der Waals surface area contributed by atoms with E-state index in [9.17, 15) is 4.79 Å². The highest BCUT2D eigenvalue weighted by Gasteiger charge is 2.16. The molecule has 1 aromatic carbocycles. The Bertz CT molecular complexity index is 1130. The number of carbonyl (C=O) groups excluding carboxylic acids is 1. The number of carbonyl (C=O) groups is 1. The van der Waals surface area contributed by atoms with Gasteiger partial charge in [-0.2, -0.15) is 10.1 Å². The lowest BCUT2D eigenvalue weighted by Crippen LogP contribution is -2.06. The second kappa shape index (κ2) is 6.18. The van der Waals surface area contributed by atoms with Crippen LogP contribution in [0.25, 0.3) is 16.4 Å². The molecule has 0 bridgehead atoms. The van der Waals surface area contributed by atoms with E-state index in [-0.39, 0.29) is 12.4 Å². The number of aryl methyl sites for hydroxylation is 2. The van der Waals surface area contributed by atoms with Gasteiger partial charge < -0.3 is 14.5 Å². The highest BCUT2D eigenvalue weighted by Crippen LogP contribution is 2.32. The number of rotatable bonds is 5. The Morgan fingerprint density at radius 1 is 1.27 bits per heavy atom. The first-order valence-electron chi connectivity index (χ1n) is 8.23. The van der Waals surface area contributed by atoms with E-state index < -0.39 is 0 Å². The molecule has 0 saturated heterocycles. The molecule has 0 aliphatic rings. The summed E-state index contributed by atoms with van der Waals surface area (Å²) in [6.07, 6.45) is 3.15. The van der Waals surface area contributed by atoms with Gasteiger partial charge in [0.05, 0.1) is 6.20 Å². The van der Waals surface area contributed by atoms with Crippen LogP contribution >= 0.6 is 0 Å². The zero-order valence-electron chi connectivity index (χ0n) is 14.7. The van der Waals surface area contributed by atoms with Gasteiger partial charge in [0.2, 0.25) is 5.88 Å². The topological polar surface area (TPSA) is 81.5 Å². The molecule has 26 heavy (non-hydrogen) atoms. The summed E-state index contributed by atoms with van der Waals surface area (Å²) in [6, 6.07) is 7.89. The van der Waals surface area contributed by atoms with Crippen molar-refractivity contribution in [3.63, 3.8) is 0 Å². The van der Waals surface area contributed by atoms with Gasteiger partial charge in [0.25, 0.3) is 0 Å². The Morgan fingerprint density at radius 3 is 2.92 bits per heavy atom. The summed E-state index contributed by atoms with van der Waals surface area (Å²) < 4.78 is 13.2. The fourth-order valence-electron chi connectivity index (χ4n) is 2.94. The summed E-state index contributed by atoms with van der Waals surface area (Å²) in [4.78, 5) is 18.7. The molecular weight excluding hydrogens is 332 g/mol. The van der Waals surface area contributed by atoms with Crippen molar-refractivity contribution in [3.05, 3.63) is 48.0 Å². The molecule has 3 heterocycles. The van der Waals surface area contributed by atoms with E-state index in [0.29, 0.717) is 22.9 Å². The number of fused-ring (bicyclic) bond motifs is 2. The Labute approximate surface area is 149 Å². The van der Waals surface area contributed by atoms with Crippen LogP contribution in [0.15, 0.2) is 36.8 Å². The van der Waals surface area contributed by atoms with Crippen LogP contribution in [0.1, 0.15) is 18.2 Å². The number of ketones is 1. The summed E-state index contributed by atoms with van der Waals surface area (Å²) in [5.41, 5.74) is 3.68. The van der Waals surface area contributed by atoms with E-state index >= 15 is 0 Å². The molecule has 0 radical (unpaired) electrons. The highest BCUT2D eigenvalue weighted by atomic mass is 16.5. The molecular formula is C19H18N4O3. The first kappa shape index (κ1) is 16.1. The fraction of sp³-hybridized carbons (Fsp3) is 0.211. The summed E-state index contributed by atoms with van der Waals surface area (Å²) in [5, 5.41) is 5.27. The van der Waals surface area contributed by atoms with Crippen molar-refractivity contribution in [2.45, 2.75) is 20.8 Å². The molecule has 1 N–H and O–H groups in total. The summed E-state index contributed by atoms with van der Waals surface area (Å²) in [6.45, 7) is 5.41. The van der Waals surface area contributed by atoms with Gasteiger partial charge in [-0.05, 0) is 45.0 Å². The van der Waals surface area contributed by atoms with Gasteiger partial charge in [-0.1, -0.05) is 0 Å². The molecule has 0 spiro atoms. The van der Waals surface area contributed by atoms with Crippen molar-refractivity contribution >= 4 is 22.2 Å². The zero-order chi connectivity index (χ0) is 18.3. The minimum absolute atomic E-state index is 0.0187. The van der Waals surface area contributed by atoms with Gasteiger partial charge >= 0.3 is 0 Å². The number of ether oxygens (including phenoxy) is 2. The highest BCUT2D eigenvalue weighted by molar-refractivity contribution is 5.82. The zero-order valence-corrected chi connectivity index (χ0v) is 14.7. The number of aromatic amines is 1. The predicted molar refractivity (Wildman–Crippen MR) is 97.0 cm³/mol. The number of Topliss-reactive ketones (excluding diaryl/α,β-unsaturated/α-hetero) is 1. The average Bonchev–Trinajstić information content (AvgIpc) is 3.12. The fourth-order valence-corrected chi connectivity index (χ4v) is 2.94. The quantitative estimate of drug-likeness (QED) is 0.595. The van der Waals surface area contributed by atoms with Gasteiger partial charge in [-0.15, -0.1) is 0 Å². The van der Waals surface area contributed by atoms with Crippen molar-refractivity contribution in [3.8, 4) is 17.4 Å². The molecule has 0 unspecified atom stereocenters. The van der Waals surface area contributed by atoms with Gasteiger partial charge in [0.1, 0.15) is 29.9 Å². The second-order valence-electron chi connectivity index (χ2n) is 6.27. The normalized spacial score (nSPS) is 11.2. The predicted octanol–water partition coefficient (Wildman–Crippen LogP) is 3.59. The van der Waals surface area contributed by atoms with Crippen molar-refractivity contribution in [1.82, 2.24) is 19.6 Å². The number of nitrogens with one attached hydrogen (secondary N) is 1. The van der Waals surface area contributed by atoms with Crippen LogP contribution in [-0.4, -0.2) is 32.0 Å². The summed E-state index contributed by atoms with van der Waals surface area (Å²) >= 11 is 0. The van der Waals surface area contributed by atoms with E-state index in [1.54, 1.807) is 10.7 Å². The molecule has 4 rings (SSSR count). The molecule has 4 aromatic rings. The van der Waals surface area contributed by atoms with Gasteiger partial charge in [0, 0.05) is 22.2 Å². The van der Waals surface area contributed by atoms with E-state index in [1.165, 1.54) is 13.3 Å². The third kappa shape index (κ3) is 2.88. The number of aromatic nitrogens is 4. The molecule has 132 valence electrons. The van der Waals surface area contributed by atoms with Crippen molar-refractivity contribution < 1.29 is 14.3 Å². The Morgan fingerprint density at radius 2 is 2.12 bits per heavy atom. The lowest BCUT2D eigenvalue weighted by atomic mass is 10.2. The van der Waals surface area contributed by atoms with E-state index in [0.717, 1.165) is 22.2 Å². The van der Waals surface area contributed by atoms with Crippen LogP contribution in [0.4, 0.5) is 0 Å². The van der Waals surface area contributed by atoms with Gasteiger partial charge in [0.15, 0.2) is 5.78 Å². The molecule has 0 amide bonds. The molecule has 0 saturated carbocycles. The molecule has 7 heteroatoms. The Kier molecular flexibility index (Phi) is 3.84. The SMILES string of the molecule is CC(=O)COc1cn2ncnc(Oc3ccc4[nH]c(C)cc4c3)c2c1C. The minimum atomic E-state index is -0.0442. The van der Waals surface area contributed by atoms with Crippen molar-refractivity contribution in [1.29, 1.82) is 0 Å². The first-order chi connectivity index (χ1) is 12.5.